The Kier molecular flexibility index (Phi) is 3.53. The fraction of sp³-hybridized carbons (Fsp3) is 0.333. The Hall–Kier alpha value is -1.96. The second kappa shape index (κ2) is 5.68. The summed E-state index contributed by atoms with van der Waals surface area (Å²) in [5.74, 6) is 1.40. The van der Waals surface area contributed by atoms with Crippen LogP contribution in [0, 0.1) is 0 Å². The molecule has 7 heteroatoms. The van der Waals surface area contributed by atoms with Gasteiger partial charge in [-0.25, -0.2) is 4.98 Å². The number of hydrogen-bond acceptors (Lipinski definition) is 6. The number of hydrogen-bond donors (Lipinski definition) is 1. The van der Waals surface area contributed by atoms with Crippen molar-refractivity contribution in [3.05, 3.63) is 40.0 Å². The van der Waals surface area contributed by atoms with Crippen LogP contribution in [-0.2, 0) is 11.3 Å². The summed E-state index contributed by atoms with van der Waals surface area (Å²) >= 11 is 1.47. The van der Waals surface area contributed by atoms with Crippen LogP contribution in [0.5, 0.6) is 0 Å². The van der Waals surface area contributed by atoms with Crippen molar-refractivity contribution in [3.63, 3.8) is 0 Å². The lowest BCUT2D eigenvalue weighted by Gasteiger charge is -2.25. The highest BCUT2D eigenvalue weighted by molar-refractivity contribution is 7.17. The number of fused-ring (bicyclic) bond motifs is 1. The van der Waals surface area contributed by atoms with E-state index >= 15 is 0 Å². The molecule has 0 aromatic carbocycles. The summed E-state index contributed by atoms with van der Waals surface area (Å²) in [6, 6.07) is 3.66. The van der Waals surface area contributed by atoms with E-state index in [1.165, 1.54) is 11.3 Å². The molecule has 0 aliphatic carbocycles. The molecule has 6 nitrogen and oxygen atoms in total. The van der Waals surface area contributed by atoms with E-state index < -0.39 is 0 Å². The minimum absolute atomic E-state index is 0.110. The van der Waals surface area contributed by atoms with Crippen molar-refractivity contribution in [2.24, 2.45) is 0 Å². The minimum atomic E-state index is -0.110. The van der Waals surface area contributed by atoms with Crippen LogP contribution < -0.4 is 5.56 Å². The van der Waals surface area contributed by atoms with Gasteiger partial charge in [-0.1, -0.05) is 0 Å². The molecule has 3 aromatic heterocycles. The Morgan fingerprint density at radius 3 is 3.00 bits per heavy atom. The highest BCUT2D eigenvalue weighted by Crippen LogP contribution is 2.30. The van der Waals surface area contributed by atoms with Gasteiger partial charge in [-0.2, -0.15) is 0 Å². The molecule has 0 radical (unpaired) electrons. The Balaban J connectivity index is 1.70. The van der Waals surface area contributed by atoms with Crippen LogP contribution in [0.2, 0.25) is 0 Å². The highest BCUT2D eigenvalue weighted by Gasteiger charge is 2.16. The molecule has 1 saturated heterocycles. The number of aromatic amines is 1. The van der Waals surface area contributed by atoms with Crippen molar-refractivity contribution in [3.8, 4) is 11.3 Å². The normalized spacial score (nSPS) is 16.4. The maximum Gasteiger partial charge on any atom is 0.260 e. The molecule has 114 valence electrons. The van der Waals surface area contributed by atoms with Gasteiger partial charge in [0.2, 0.25) is 0 Å². The summed E-state index contributed by atoms with van der Waals surface area (Å²) in [5.41, 5.74) is 0.692. The van der Waals surface area contributed by atoms with Gasteiger partial charge in [0.25, 0.3) is 5.56 Å². The van der Waals surface area contributed by atoms with Gasteiger partial charge in [0, 0.05) is 24.0 Å². The monoisotopic (exact) mass is 317 g/mol. The molecule has 1 fully saturated rings. The van der Waals surface area contributed by atoms with Crippen molar-refractivity contribution in [2.75, 3.05) is 26.3 Å². The number of H-pyrrole nitrogens is 1. The van der Waals surface area contributed by atoms with Crippen molar-refractivity contribution in [2.45, 2.75) is 6.54 Å². The van der Waals surface area contributed by atoms with Crippen LogP contribution in [0.25, 0.3) is 21.5 Å². The molecule has 0 unspecified atom stereocenters. The van der Waals surface area contributed by atoms with Crippen LogP contribution in [0.3, 0.4) is 0 Å². The lowest BCUT2D eigenvalue weighted by Crippen LogP contribution is -2.36. The third-order valence-corrected chi connectivity index (χ3v) is 4.63. The molecule has 0 spiro atoms. The number of furan rings is 1. The van der Waals surface area contributed by atoms with Gasteiger partial charge in [-0.3, -0.25) is 9.69 Å². The zero-order chi connectivity index (χ0) is 14.9. The van der Waals surface area contributed by atoms with Crippen molar-refractivity contribution in [1.29, 1.82) is 0 Å². The van der Waals surface area contributed by atoms with Crippen molar-refractivity contribution < 1.29 is 9.15 Å². The smallest absolute Gasteiger partial charge is 0.260 e. The number of nitrogens with one attached hydrogen (secondary N) is 1. The number of nitrogens with zero attached hydrogens (tertiary/aromatic N) is 2. The first-order valence-electron chi connectivity index (χ1n) is 7.15. The maximum absolute atomic E-state index is 12.4. The Morgan fingerprint density at radius 1 is 1.36 bits per heavy atom. The standard InChI is InChI=1S/C15H15N3O3S/c19-14-13-10(11-2-1-5-21-11)9-22-15(13)17-12(16-14)8-18-3-6-20-7-4-18/h1-2,5,9H,3-4,6-8H2,(H,16,17,19). The van der Waals surface area contributed by atoms with Gasteiger partial charge in [0.05, 0.1) is 31.4 Å². The van der Waals surface area contributed by atoms with Crippen LogP contribution in [0.1, 0.15) is 5.82 Å². The van der Waals surface area contributed by atoms with Crippen molar-refractivity contribution in [1.82, 2.24) is 14.9 Å². The van der Waals surface area contributed by atoms with E-state index in [0.717, 1.165) is 36.7 Å². The Bertz CT molecular complexity index is 831. The summed E-state index contributed by atoms with van der Waals surface area (Å²) in [7, 11) is 0. The molecule has 3 aromatic rings. The quantitative estimate of drug-likeness (QED) is 0.801. The van der Waals surface area contributed by atoms with Gasteiger partial charge in [-0.15, -0.1) is 11.3 Å². The van der Waals surface area contributed by atoms with E-state index in [4.69, 9.17) is 9.15 Å². The molecule has 22 heavy (non-hydrogen) atoms. The molecular formula is C15H15N3O3S. The van der Waals surface area contributed by atoms with Crippen molar-refractivity contribution >= 4 is 21.6 Å². The van der Waals surface area contributed by atoms with E-state index in [9.17, 15) is 4.79 Å². The summed E-state index contributed by atoms with van der Waals surface area (Å²) in [4.78, 5) is 22.9. The van der Waals surface area contributed by atoms with E-state index in [2.05, 4.69) is 14.9 Å². The van der Waals surface area contributed by atoms with E-state index in [-0.39, 0.29) is 5.56 Å². The SMILES string of the molecule is O=c1[nH]c(CN2CCOCC2)nc2scc(-c3ccco3)c12. The van der Waals surface area contributed by atoms with E-state index in [0.29, 0.717) is 23.5 Å². The number of thiophene rings is 1. The van der Waals surface area contributed by atoms with Gasteiger partial charge in [0.15, 0.2) is 0 Å². The number of morpholine rings is 1. The number of aromatic nitrogens is 2. The molecule has 4 heterocycles. The largest absolute Gasteiger partial charge is 0.464 e. The average molecular weight is 317 g/mol. The molecule has 0 amide bonds. The fourth-order valence-corrected chi connectivity index (χ4v) is 3.60. The zero-order valence-corrected chi connectivity index (χ0v) is 12.7. The molecule has 1 N–H and O–H groups in total. The molecule has 0 saturated carbocycles. The van der Waals surface area contributed by atoms with Crippen LogP contribution in [0.15, 0.2) is 33.0 Å². The summed E-state index contributed by atoms with van der Waals surface area (Å²) in [6.45, 7) is 3.83. The van der Waals surface area contributed by atoms with Crippen LogP contribution in [-0.4, -0.2) is 41.2 Å². The van der Waals surface area contributed by atoms with Gasteiger partial charge in [0.1, 0.15) is 16.4 Å². The predicted octanol–water partition coefficient (Wildman–Crippen LogP) is 2.08. The maximum atomic E-state index is 12.4. The first kappa shape index (κ1) is 13.7. The number of rotatable bonds is 3. The lowest BCUT2D eigenvalue weighted by atomic mass is 10.2. The lowest BCUT2D eigenvalue weighted by molar-refractivity contribution is 0.0331. The second-order valence-corrected chi connectivity index (χ2v) is 6.07. The second-order valence-electron chi connectivity index (χ2n) is 5.21. The highest BCUT2D eigenvalue weighted by atomic mass is 32.1. The Morgan fingerprint density at radius 2 is 2.23 bits per heavy atom. The van der Waals surface area contributed by atoms with Crippen LogP contribution in [0.4, 0.5) is 0 Å². The first-order valence-corrected chi connectivity index (χ1v) is 8.03. The first-order chi connectivity index (χ1) is 10.8. The third-order valence-electron chi connectivity index (χ3n) is 3.76. The minimum Gasteiger partial charge on any atom is -0.464 e. The molecule has 4 rings (SSSR count). The molecule has 1 aliphatic heterocycles. The Labute approximate surface area is 130 Å². The van der Waals surface area contributed by atoms with Gasteiger partial charge >= 0.3 is 0 Å². The third kappa shape index (κ3) is 2.47. The average Bonchev–Trinajstić information content (AvgIpc) is 3.16. The summed E-state index contributed by atoms with van der Waals surface area (Å²) < 4.78 is 10.7. The van der Waals surface area contributed by atoms with Gasteiger partial charge in [-0.05, 0) is 12.1 Å². The molecule has 0 atom stereocenters. The van der Waals surface area contributed by atoms with Gasteiger partial charge < -0.3 is 14.1 Å². The zero-order valence-electron chi connectivity index (χ0n) is 11.9. The summed E-state index contributed by atoms with van der Waals surface area (Å²) in [5, 5.41) is 2.52. The molecule has 1 aliphatic rings. The summed E-state index contributed by atoms with van der Waals surface area (Å²) in [6.07, 6.45) is 1.60. The number of ether oxygens (including phenoxy) is 1. The van der Waals surface area contributed by atoms with E-state index in [1.54, 1.807) is 6.26 Å². The topological polar surface area (TPSA) is 71.4 Å². The van der Waals surface area contributed by atoms with E-state index in [1.807, 2.05) is 17.5 Å². The molecular weight excluding hydrogens is 302 g/mol. The molecule has 0 bridgehead atoms. The van der Waals surface area contributed by atoms with Crippen LogP contribution >= 0.6 is 11.3 Å². The predicted molar refractivity (Wildman–Crippen MR) is 84.0 cm³/mol. The fourth-order valence-electron chi connectivity index (χ4n) is 2.65.